The van der Waals surface area contributed by atoms with Crippen LogP contribution in [0.5, 0.6) is 0 Å². The first kappa shape index (κ1) is 16.8. The van der Waals surface area contributed by atoms with Crippen molar-refractivity contribution in [1.29, 1.82) is 0 Å². The van der Waals surface area contributed by atoms with Gasteiger partial charge in [0.2, 0.25) is 10.0 Å². The SMILES string of the molecule is CSCCN(C)S(=O)(=O)c1cc(Cl)cc(CO)c1C. The molecule has 1 N–H and O–H groups in total. The molecule has 0 aliphatic rings. The van der Waals surface area contributed by atoms with Crippen molar-refractivity contribution in [1.82, 2.24) is 4.31 Å². The molecule has 1 aromatic rings. The van der Waals surface area contributed by atoms with Gasteiger partial charge in [-0.05, 0) is 36.4 Å². The van der Waals surface area contributed by atoms with Crippen LogP contribution >= 0.6 is 23.4 Å². The van der Waals surface area contributed by atoms with Crippen LogP contribution in [0.4, 0.5) is 0 Å². The van der Waals surface area contributed by atoms with Gasteiger partial charge in [0.1, 0.15) is 0 Å². The number of nitrogens with zero attached hydrogens (tertiary/aromatic N) is 1. The molecular weight excluding hydrogens is 306 g/mol. The van der Waals surface area contributed by atoms with E-state index < -0.39 is 10.0 Å². The first-order valence-corrected chi connectivity index (χ1v) is 8.91. The second-order valence-corrected chi connectivity index (χ2v) is 7.60. The Hall–Kier alpha value is -0.270. The number of sulfonamides is 1. The first-order chi connectivity index (χ1) is 8.84. The summed E-state index contributed by atoms with van der Waals surface area (Å²) < 4.78 is 26.2. The van der Waals surface area contributed by atoms with Crippen molar-refractivity contribution < 1.29 is 13.5 Å². The Balaban J connectivity index is 3.25. The van der Waals surface area contributed by atoms with E-state index in [2.05, 4.69) is 0 Å². The highest BCUT2D eigenvalue weighted by Gasteiger charge is 2.24. The maximum atomic E-state index is 12.5. The van der Waals surface area contributed by atoms with Crippen molar-refractivity contribution >= 4 is 33.4 Å². The minimum atomic E-state index is -3.57. The molecule has 0 saturated heterocycles. The van der Waals surface area contributed by atoms with Gasteiger partial charge in [0, 0.05) is 24.4 Å². The van der Waals surface area contributed by atoms with Gasteiger partial charge in [-0.15, -0.1) is 0 Å². The van der Waals surface area contributed by atoms with Crippen molar-refractivity contribution in [2.45, 2.75) is 18.4 Å². The largest absolute Gasteiger partial charge is 0.392 e. The summed E-state index contributed by atoms with van der Waals surface area (Å²) in [4.78, 5) is 0.160. The van der Waals surface area contributed by atoms with Crippen molar-refractivity contribution in [3.63, 3.8) is 0 Å². The number of aliphatic hydroxyl groups excluding tert-OH is 1. The molecule has 0 saturated carbocycles. The third kappa shape index (κ3) is 3.86. The van der Waals surface area contributed by atoms with E-state index in [1.807, 2.05) is 6.26 Å². The van der Waals surface area contributed by atoms with Crippen LogP contribution in [-0.4, -0.2) is 43.4 Å². The Morgan fingerprint density at radius 1 is 1.42 bits per heavy atom. The highest BCUT2D eigenvalue weighted by Crippen LogP contribution is 2.26. The standard InChI is InChI=1S/C12H18ClNO3S2/c1-9-10(8-15)6-11(13)7-12(9)19(16,17)14(2)4-5-18-3/h6-7,15H,4-5,8H2,1-3H3. The van der Waals surface area contributed by atoms with Crippen LogP contribution in [0, 0.1) is 6.92 Å². The molecule has 0 unspecified atom stereocenters. The number of hydrogen-bond acceptors (Lipinski definition) is 4. The molecule has 0 atom stereocenters. The van der Waals surface area contributed by atoms with Crippen LogP contribution in [0.15, 0.2) is 17.0 Å². The van der Waals surface area contributed by atoms with Gasteiger partial charge in [0.15, 0.2) is 0 Å². The molecular formula is C12H18ClNO3S2. The minimum Gasteiger partial charge on any atom is -0.392 e. The molecule has 0 aromatic heterocycles. The zero-order chi connectivity index (χ0) is 14.6. The fourth-order valence-corrected chi connectivity index (χ4v) is 3.99. The summed E-state index contributed by atoms with van der Waals surface area (Å²) in [6.07, 6.45) is 1.93. The molecule has 0 spiro atoms. The van der Waals surface area contributed by atoms with E-state index in [-0.39, 0.29) is 11.5 Å². The monoisotopic (exact) mass is 323 g/mol. The Kier molecular flexibility index (Phi) is 6.14. The summed E-state index contributed by atoms with van der Waals surface area (Å²) in [5.41, 5.74) is 1.08. The molecule has 0 amide bonds. The van der Waals surface area contributed by atoms with Gasteiger partial charge in [0.05, 0.1) is 11.5 Å². The van der Waals surface area contributed by atoms with Gasteiger partial charge in [-0.2, -0.15) is 11.8 Å². The fourth-order valence-electron chi connectivity index (χ4n) is 1.65. The molecule has 0 fully saturated rings. The van der Waals surface area contributed by atoms with Crippen molar-refractivity contribution in [3.8, 4) is 0 Å². The number of thioether (sulfide) groups is 1. The second kappa shape index (κ2) is 6.95. The highest BCUT2D eigenvalue weighted by atomic mass is 35.5. The number of hydrogen-bond donors (Lipinski definition) is 1. The molecule has 0 radical (unpaired) electrons. The third-order valence-electron chi connectivity index (χ3n) is 2.90. The summed E-state index contributed by atoms with van der Waals surface area (Å²) in [5.74, 6) is 0.724. The third-order valence-corrected chi connectivity index (χ3v) is 5.69. The van der Waals surface area contributed by atoms with Gasteiger partial charge in [-0.25, -0.2) is 12.7 Å². The lowest BCUT2D eigenvalue weighted by Gasteiger charge is -2.19. The average Bonchev–Trinajstić information content (AvgIpc) is 2.37. The fraction of sp³-hybridized carbons (Fsp3) is 0.500. The predicted octanol–water partition coefficient (Wildman–Crippen LogP) is 2.12. The predicted molar refractivity (Wildman–Crippen MR) is 80.3 cm³/mol. The Morgan fingerprint density at radius 3 is 2.58 bits per heavy atom. The highest BCUT2D eigenvalue weighted by molar-refractivity contribution is 7.98. The molecule has 1 aromatic carbocycles. The van der Waals surface area contributed by atoms with Crippen molar-refractivity contribution in [3.05, 3.63) is 28.3 Å². The van der Waals surface area contributed by atoms with E-state index in [0.717, 1.165) is 5.75 Å². The molecule has 1 rings (SSSR count). The number of aliphatic hydroxyl groups is 1. The van der Waals surface area contributed by atoms with Crippen molar-refractivity contribution in [2.24, 2.45) is 0 Å². The van der Waals surface area contributed by atoms with E-state index in [1.54, 1.807) is 31.8 Å². The van der Waals surface area contributed by atoms with Crippen molar-refractivity contribution in [2.75, 3.05) is 25.6 Å². The van der Waals surface area contributed by atoms with Gasteiger partial charge in [-0.3, -0.25) is 0 Å². The van der Waals surface area contributed by atoms with E-state index in [0.29, 0.717) is 22.7 Å². The van der Waals surface area contributed by atoms with Gasteiger partial charge < -0.3 is 5.11 Å². The zero-order valence-electron chi connectivity index (χ0n) is 11.2. The average molecular weight is 324 g/mol. The summed E-state index contributed by atoms with van der Waals surface area (Å²) in [6.45, 7) is 1.88. The van der Waals surface area contributed by atoms with Crippen LogP contribution in [-0.2, 0) is 16.6 Å². The number of rotatable bonds is 6. The molecule has 4 nitrogen and oxygen atoms in total. The molecule has 0 aliphatic carbocycles. The molecule has 0 heterocycles. The molecule has 0 aliphatic heterocycles. The molecule has 7 heteroatoms. The normalized spacial score (nSPS) is 12.1. The lowest BCUT2D eigenvalue weighted by atomic mass is 10.1. The van der Waals surface area contributed by atoms with Crippen LogP contribution in [0.2, 0.25) is 5.02 Å². The smallest absolute Gasteiger partial charge is 0.243 e. The lowest BCUT2D eigenvalue weighted by Crippen LogP contribution is -2.29. The quantitative estimate of drug-likeness (QED) is 0.871. The lowest BCUT2D eigenvalue weighted by molar-refractivity contribution is 0.280. The minimum absolute atomic E-state index is 0.160. The summed E-state index contributed by atoms with van der Waals surface area (Å²) >= 11 is 7.50. The molecule has 108 valence electrons. The number of benzene rings is 1. The maximum absolute atomic E-state index is 12.5. The van der Waals surface area contributed by atoms with Crippen LogP contribution in [0.3, 0.4) is 0 Å². The van der Waals surface area contributed by atoms with E-state index in [4.69, 9.17) is 11.6 Å². The Morgan fingerprint density at radius 2 is 2.05 bits per heavy atom. The van der Waals surface area contributed by atoms with E-state index in [1.165, 1.54) is 10.4 Å². The van der Waals surface area contributed by atoms with Crippen LogP contribution in [0.1, 0.15) is 11.1 Å². The van der Waals surface area contributed by atoms with Crippen LogP contribution < -0.4 is 0 Å². The topological polar surface area (TPSA) is 57.6 Å². The van der Waals surface area contributed by atoms with E-state index in [9.17, 15) is 13.5 Å². The summed E-state index contributed by atoms with van der Waals surface area (Å²) in [5, 5.41) is 9.55. The maximum Gasteiger partial charge on any atom is 0.243 e. The van der Waals surface area contributed by atoms with Gasteiger partial charge in [-0.1, -0.05) is 11.6 Å². The Labute approximate surface area is 123 Å². The first-order valence-electron chi connectivity index (χ1n) is 5.69. The van der Waals surface area contributed by atoms with Gasteiger partial charge >= 0.3 is 0 Å². The second-order valence-electron chi connectivity index (χ2n) is 4.17. The molecule has 19 heavy (non-hydrogen) atoms. The molecule has 0 bridgehead atoms. The summed E-state index contributed by atoms with van der Waals surface area (Å²) in [6, 6.07) is 3.01. The zero-order valence-corrected chi connectivity index (χ0v) is 13.6. The summed E-state index contributed by atoms with van der Waals surface area (Å²) in [7, 11) is -2.03. The van der Waals surface area contributed by atoms with Gasteiger partial charge in [0.25, 0.3) is 0 Å². The number of halogens is 1. The van der Waals surface area contributed by atoms with Crippen LogP contribution in [0.25, 0.3) is 0 Å². The Bertz CT molecular complexity index is 546. The van der Waals surface area contributed by atoms with E-state index >= 15 is 0 Å².